The van der Waals surface area contributed by atoms with E-state index in [-0.39, 0.29) is 0 Å². The first-order valence-corrected chi connectivity index (χ1v) is 5.39. The highest BCUT2D eigenvalue weighted by atomic mass is 16.5. The summed E-state index contributed by atoms with van der Waals surface area (Å²) in [7, 11) is 1.54. The van der Waals surface area contributed by atoms with E-state index in [0.717, 1.165) is 5.56 Å². The second kappa shape index (κ2) is 6.44. The van der Waals surface area contributed by atoms with E-state index in [1.165, 1.54) is 13.0 Å². The maximum atomic E-state index is 11.4. The molecule has 1 rings (SSSR count). The van der Waals surface area contributed by atoms with Gasteiger partial charge in [-0.05, 0) is 19.1 Å². The molecule has 0 bridgehead atoms. The minimum absolute atomic E-state index is 0.462. The molecular formula is C13H15NO4. The smallest absolute Gasteiger partial charge is 0.325 e. The molecule has 0 saturated carbocycles. The highest BCUT2D eigenvalue weighted by molar-refractivity contribution is 5.94. The molecule has 0 fully saturated rings. The number of carbonyl (C=O) groups excluding carboxylic acids is 1. The van der Waals surface area contributed by atoms with Crippen molar-refractivity contribution < 1.29 is 19.4 Å². The number of carboxylic acid groups (broad SMARTS) is 1. The van der Waals surface area contributed by atoms with Crippen molar-refractivity contribution in [2.45, 2.75) is 13.0 Å². The van der Waals surface area contributed by atoms with E-state index in [2.05, 4.69) is 5.32 Å². The summed E-state index contributed by atoms with van der Waals surface area (Å²) >= 11 is 0. The van der Waals surface area contributed by atoms with E-state index in [4.69, 9.17) is 9.84 Å². The largest absolute Gasteiger partial charge is 0.496 e. The molecular weight excluding hydrogens is 234 g/mol. The lowest BCUT2D eigenvalue weighted by Gasteiger charge is -2.06. The Hall–Kier alpha value is -2.30. The molecule has 18 heavy (non-hydrogen) atoms. The number of carbonyl (C=O) groups is 2. The van der Waals surface area contributed by atoms with Crippen LogP contribution in [0, 0.1) is 0 Å². The Bertz CT molecular complexity index is 468. The summed E-state index contributed by atoms with van der Waals surface area (Å²) in [5.74, 6) is -0.891. The van der Waals surface area contributed by atoms with Gasteiger partial charge in [0.25, 0.3) is 0 Å². The van der Waals surface area contributed by atoms with Crippen LogP contribution in [0.1, 0.15) is 12.5 Å². The number of para-hydroxylation sites is 1. The van der Waals surface area contributed by atoms with Crippen LogP contribution in [0.25, 0.3) is 6.08 Å². The number of nitrogens with one attached hydrogen (secondary N) is 1. The van der Waals surface area contributed by atoms with Crippen LogP contribution in [0.15, 0.2) is 30.3 Å². The van der Waals surface area contributed by atoms with Crippen LogP contribution in [0.3, 0.4) is 0 Å². The van der Waals surface area contributed by atoms with Crippen molar-refractivity contribution in [2.24, 2.45) is 0 Å². The average molecular weight is 249 g/mol. The number of rotatable bonds is 5. The van der Waals surface area contributed by atoms with E-state index in [1.807, 2.05) is 12.1 Å². The van der Waals surface area contributed by atoms with E-state index < -0.39 is 17.9 Å². The maximum Gasteiger partial charge on any atom is 0.325 e. The van der Waals surface area contributed by atoms with Gasteiger partial charge in [0, 0.05) is 11.6 Å². The van der Waals surface area contributed by atoms with Gasteiger partial charge in [0.05, 0.1) is 7.11 Å². The van der Waals surface area contributed by atoms with Gasteiger partial charge in [-0.25, -0.2) is 0 Å². The Balaban J connectivity index is 2.69. The average Bonchev–Trinajstić information content (AvgIpc) is 2.36. The zero-order chi connectivity index (χ0) is 13.5. The maximum absolute atomic E-state index is 11.4. The molecule has 1 amide bonds. The Morgan fingerprint density at radius 3 is 2.67 bits per heavy atom. The van der Waals surface area contributed by atoms with Crippen molar-refractivity contribution in [3.63, 3.8) is 0 Å². The zero-order valence-corrected chi connectivity index (χ0v) is 10.2. The molecule has 96 valence electrons. The summed E-state index contributed by atoms with van der Waals surface area (Å²) in [6, 6.07) is 6.29. The molecule has 0 aliphatic carbocycles. The summed E-state index contributed by atoms with van der Waals surface area (Å²) < 4.78 is 5.12. The molecule has 0 aliphatic rings. The monoisotopic (exact) mass is 249 g/mol. The molecule has 0 heterocycles. The number of aliphatic carboxylic acids is 1. The van der Waals surface area contributed by atoms with Crippen LogP contribution in [-0.2, 0) is 9.59 Å². The van der Waals surface area contributed by atoms with Gasteiger partial charge >= 0.3 is 5.97 Å². The van der Waals surface area contributed by atoms with Gasteiger partial charge in [0.1, 0.15) is 11.8 Å². The number of benzene rings is 1. The third-order valence-corrected chi connectivity index (χ3v) is 2.28. The van der Waals surface area contributed by atoms with E-state index in [0.29, 0.717) is 5.75 Å². The lowest BCUT2D eigenvalue weighted by molar-refractivity contribution is -0.140. The van der Waals surface area contributed by atoms with Crippen molar-refractivity contribution >= 4 is 18.0 Å². The predicted octanol–water partition coefficient (Wildman–Crippen LogP) is 1.30. The van der Waals surface area contributed by atoms with Gasteiger partial charge in [0.2, 0.25) is 5.91 Å². The first-order valence-electron chi connectivity index (χ1n) is 5.39. The molecule has 5 heteroatoms. The van der Waals surface area contributed by atoms with Crippen LogP contribution in [-0.4, -0.2) is 30.1 Å². The second-order valence-electron chi connectivity index (χ2n) is 3.64. The molecule has 0 saturated heterocycles. The lowest BCUT2D eigenvalue weighted by atomic mass is 10.2. The highest BCUT2D eigenvalue weighted by Crippen LogP contribution is 2.18. The van der Waals surface area contributed by atoms with Crippen molar-refractivity contribution in [3.05, 3.63) is 35.9 Å². The van der Waals surface area contributed by atoms with Crippen LogP contribution in [0.2, 0.25) is 0 Å². The summed E-state index contributed by atoms with van der Waals surface area (Å²) in [5, 5.41) is 11.0. The predicted molar refractivity (Wildman–Crippen MR) is 67.3 cm³/mol. The second-order valence-corrected chi connectivity index (χ2v) is 3.64. The standard InChI is InChI=1S/C13H15NO4/c1-9(13(16)17)14-12(15)8-7-10-5-3-4-6-11(10)18-2/h3-9H,1-2H3,(H,14,15)(H,16,17)/b8-7+/t9-/m0/s1. The molecule has 0 aromatic heterocycles. The summed E-state index contributed by atoms with van der Waals surface area (Å²) in [6.07, 6.45) is 2.85. The topological polar surface area (TPSA) is 75.6 Å². The first-order chi connectivity index (χ1) is 8.54. The first kappa shape index (κ1) is 13.8. The highest BCUT2D eigenvalue weighted by Gasteiger charge is 2.11. The summed E-state index contributed by atoms with van der Waals surface area (Å²) in [4.78, 5) is 22.0. The number of methoxy groups -OCH3 is 1. The summed E-state index contributed by atoms with van der Waals surface area (Å²) in [5.41, 5.74) is 0.748. The number of hydrogen-bond acceptors (Lipinski definition) is 3. The van der Waals surface area contributed by atoms with Crippen LogP contribution < -0.4 is 10.1 Å². The van der Waals surface area contributed by atoms with Crippen molar-refractivity contribution in [2.75, 3.05) is 7.11 Å². The molecule has 2 N–H and O–H groups in total. The van der Waals surface area contributed by atoms with Gasteiger partial charge in [0.15, 0.2) is 0 Å². The van der Waals surface area contributed by atoms with Crippen LogP contribution in [0.5, 0.6) is 5.75 Å². The minimum Gasteiger partial charge on any atom is -0.496 e. The fourth-order valence-electron chi connectivity index (χ4n) is 1.29. The SMILES string of the molecule is COc1ccccc1/C=C/C(=O)N[C@@H](C)C(=O)O. The number of ether oxygens (including phenoxy) is 1. The Morgan fingerprint density at radius 2 is 2.06 bits per heavy atom. The molecule has 0 unspecified atom stereocenters. The van der Waals surface area contributed by atoms with Crippen molar-refractivity contribution in [1.82, 2.24) is 5.32 Å². The third kappa shape index (κ3) is 3.93. The molecule has 5 nitrogen and oxygen atoms in total. The van der Waals surface area contributed by atoms with Gasteiger partial charge in [-0.3, -0.25) is 9.59 Å². The minimum atomic E-state index is -1.07. The fourth-order valence-corrected chi connectivity index (χ4v) is 1.29. The van der Waals surface area contributed by atoms with Gasteiger partial charge in [-0.15, -0.1) is 0 Å². The van der Waals surface area contributed by atoms with Crippen LogP contribution >= 0.6 is 0 Å². The van der Waals surface area contributed by atoms with E-state index >= 15 is 0 Å². The van der Waals surface area contributed by atoms with Crippen molar-refractivity contribution in [1.29, 1.82) is 0 Å². The number of carboxylic acids is 1. The molecule has 0 radical (unpaired) electrons. The van der Waals surface area contributed by atoms with Gasteiger partial charge in [-0.2, -0.15) is 0 Å². The van der Waals surface area contributed by atoms with Gasteiger partial charge < -0.3 is 15.2 Å². The fraction of sp³-hybridized carbons (Fsp3) is 0.231. The molecule has 1 atom stereocenters. The van der Waals surface area contributed by atoms with Crippen molar-refractivity contribution in [3.8, 4) is 5.75 Å². The normalized spacial score (nSPS) is 12.1. The molecule has 0 aliphatic heterocycles. The quantitative estimate of drug-likeness (QED) is 0.771. The van der Waals surface area contributed by atoms with E-state index in [1.54, 1.807) is 25.3 Å². The van der Waals surface area contributed by atoms with Gasteiger partial charge in [-0.1, -0.05) is 18.2 Å². The molecule has 1 aromatic rings. The number of hydrogen-bond donors (Lipinski definition) is 2. The molecule has 0 spiro atoms. The zero-order valence-electron chi connectivity index (χ0n) is 10.2. The Morgan fingerprint density at radius 1 is 1.39 bits per heavy atom. The Kier molecular flexibility index (Phi) is 4.92. The molecule has 1 aromatic carbocycles. The van der Waals surface area contributed by atoms with E-state index in [9.17, 15) is 9.59 Å². The summed E-state index contributed by atoms with van der Waals surface area (Å²) in [6.45, 7) is 1.40. The lowest BCUT2D eigenvalue weighted by Crippen LogP contribution is -2.37. The Labute approximate surface area is 105 Å². The number of amides is 1. The third-order valence-electron chi connectivity index (χ3n) is 2.28. The van der Waals surface area contributed by atoms with Crippen LogP contribution in [0.4, 0.5) is 0 Å².